The minimum atomic E-state index is -4.64. The van der Waals surface area contributed by atoms with Crippen molar-refractivity contribution in [3.05, 3.63) is 69.8 Å². The van der Waals surface area contributed by atoms with Crippen molar-refractivity contribution in [3.8, 4) is 6.07 Å². The van der Waals surface area contributed by atoms with Crippen LogP contribution in [0.4, 0.5) is 24.5 Å². The van der Waals surface area contributed by atoms with E-state index >= 15 is 0 Å². The average molecular weight is 400 g/mol. The molecule has 26 heavy (non-hydrogen) atoms. The van der Waals surface area contributed by atoms with E-state index in [4.69, 9.17) is 28.5 Å². The standard InChI is InChI=1S/C17H10Cl2F3N3O/c18-11-5-12(19)7-13(6-11)24-9-10(8-23)16(26)25-15-4-2-1-3-14(15)17(20,21)22/h1-7,9,24H,(H,25,26)/b10-9-. The van der Waals surface area contributed by atoms with E-state index in [0.29, 0.717) is 15.7 Å². The zero-order chi connectivity index (χ0) is 19.3. The molecular weight excluding hydrogens is 390 g/mol. The maximum absolute atomic E-state index is 13.0. The maximum Gasteiger partial charge on any atom is 0.418 e. The second kappa shape index (κ2) is 8.13. The number of hydrogen-bond donors (Lipinski definition) is 2. The van der Waals surface area contributed by atoms with Crippen LogP contribution in [0.15, 0.2) is 54.2 Å². The van der Waals surface area contributed by atoms with Crippen molar-refractivity contribution >= 4 is 40.5 Å². The second-order valence-corrected chi connectivity index (χ2v) is 5.84. The molecule has 4 nitrogen and oxygen atoms in total. The number of anilines is 2. The fourth-order valence-electron chi connectivity index (χ4n) is 1.97. The third-order valence-corrected chi connectivity index (χ3v) is 3.53. The minimum Gasteiger partial charge on any atom is -0.360 e. The molecule has 0 fully saturated rings. The van der Waals surface area contributed by atoms with Gasteiger partial charge in [-0.15, -0.1) is 0 Å². The van der Waals surface area contributed by atoms with Gasteiger partial charge in [0.2, 0.25) is 0 Å². The lowest BCUT2D eigenvalue weighted by Crippen LogP contribution is -2.18. The molecular formula is C17H10Cl2F3N3O. The fraction of sp³-hybridized carbons (Fsp3) is 0.0588. The first kappa shape index (κ1) is 19.6. The van der Waals surface area contributed by atoms with E-state index in [1.807, 2.05) is 0 Å². The lowest BCUT2D eigenvalue weighted by atomic mass is 10.1. The van der Waals surface area contributed by atoms with Gasteiger partial charge in [0.05, 0.1) is 11.3 Å². The molecule has 134 valence electrons. The number of nitrogens with one attached hydrogen (secondary N) is 2. The largest absolute Gasteiger partial charge is 0.418 e. The Balaban J connectivity index is 2.21. The van der Waals surface area contributed by atoms with Crippen molar-refractivity contribution < 1.29 is 18.0 Å². The highest BCUT2D eigenvalue weighted by Gasteiger charge is 2.33. The highest BCUT2D eigenvalue weighted by atomic mass is 35.5. The summed E-state index contributed by atoms with van der Waals surface area (Å²) in [6.45, 7) is 0. The molecule has 0 aliphatic carbocycles. The zero-order valence-corrected chi connectivity index (χ0v) is 14.4. The van der Waals surface area contributed by atoms with Crippen LogP contribution in [0, 0.1) is 11.3 Å². The zero-order valence-electron chi connectivity index (χ0n) is 12.9. The summed E-state index contributed by atoms with van der Waals surface area (Å²) in [6, 6.07) is 10.6. The van der Waals surface area contributed by atoms with E-state index in [9.17, 15) is 18.0 Å². The van der Waals surface area contributed by atoms with Gasteiger partial charge in [-0.1, -0.05) is 35.3 Å². The first-order valence-electron chi connectivity index (χ1n) is 7.01. The summed E-state index contributed by atoms with van der Waals surface area (Å²) in [5.74, 6) is -0.996. The topological polar surface area (TPSA) is 64.9 Å². The van der Waals surface area contributed by atoms with Gasteiger partial charge in [-0.3, -0.25) is 4.79 Å². The lowest BCUT2D eigenvalue weighted by molar-refractivity contribution is -0.137. The predicted octanol–water partition coefficient (Wildman–Crippen LogP) is 5.47. The number of carbonyl (C=O) groups is 1. The summed E-state index contributed by atoms with van der Waals surface area (Å²) in [7, 11) is 0. The summed E-state index contributed by atoms with van der Waals surface area (Å²) in [4.78, 5) is 12.1. The Bertz CT molecular complexity index is 885. The highest BCUT2D eigenvalue weighted by molar-refractivity contribution is 6.35. The molecule has 0 saturated carbocycles. The van der Waals surface area contributed by atoms with Gasteiger partial charge in [-0.2, -0.15) is 18.4 Å². The monoisotopic (exact) mass is 399 g/mol. The van der Waals surface area contributed by atoms with Crippen molar-refractivity contribution in [2.75, 3.05) is 10.6 Å². The average Bonchev–Trinajstić information content (AvgIpc) is 2.54. The van der Waals surface area contributed by atoms with Crippen LogP contribution in [-0.4, -0.2) is 5.91 Å². The van der Waals surface area contributed by atoms with Crippen molar-refractivity contribution in [3.63, 3.8) is 0 Å². The SMILES string of the molecule is N#C/C(=C/Nc1cc(Cl)cc(Cl)c1)C(=O)Nc1ccccc1C(F)(F)F. The second-order valence-electron chi connectivity index (χ2n) is 4.97. The van der Waals surface area contributed by atoms with E-state index in [0.717, 1.165) is 18.3 Å². The number of benzene rings is 2. The smallest absolute Gasteiger partial charge is 0.360 e. The molecule has 0 atom stereocenters. The number of nitrogens with zero attached hydrogens (tertiary/aromatic N) is 1. The van der Waals surface area contributed by atoms with E-state index in [1.165, 1.54) is 30.3 Å². The minimum absolute atomic E-state index is 0.329. The predicted molar refractivity (Wildman–Crippen MR) is 93.9 cm³/mol. The number of hydrogen-bond acceptors (Lipinski definition) is 3. The van der Waals surface area contributed by atoms with Crippen LogP contribution in [0.25, 0.3) is 0 Å². The van der Waals surface area contributed by atoms with Crippen molar-refractivity contribution in [2.24, 2.45) is 0 Å². The first-order valence-corrected chi connectivity index (χ1v) is 7.77. The molecule has 0 radical (unpaired) electrons. The number of rotatable bonds is 4. The number of amides is 1. The van der Waals surface area contributed by atoms with E-state index in [-0.39, 0.29) is 0 Å². The molecule has 2 aromatic rings. The molecule has 9 heteroatoms. The van der Waals surface area contributed by atoms with Gasteiger partial charge in [0.15, 0.2) is 0 Å². The highest BCUT2D eigenvalue weighted by Crippen LogP contribution is 2.34. The molecule has 0 aliphatic rings. The molecule has 0 unspecified atom stereocenters. The molecule has 2 rings (SSSR count). The molecule has 2 N–H and O–H groups in total. The first-order chi connectivity index (χ1) is 12.2. The maximum atomic E-state index is 13.0. The van der Waals surface area contributed by atoms with Crippen molar-refractivity contribution in [1.29, 1.82) is 5.26 Å². The summed E-state index contributed by atoms with van der Waals surface area (Å²) < 4.78 is 38.9. The van der Waals surface area contributed by atoms with E-state index < -0.39 is 28.9 Å². The third-order valence-electron chi connectivity index (χ3n) is 3.09. The van der Waals surface area contributed by atoms with Gasteiger partial charge < -0.3 is 10.6 Å². The molecule has 0 spiro atoms. The van der Waals surface area contributed by atoms with Gasteiger partial charge in [-0.25, -0.2) is 0 Å². The van der Waals surface area contributed by atoms with Gasteiger partial charge in [0, 0.05) is 21.9 Å². The normalized spacial score (nSPS) is 11.6. The lowest BCUT2D eigenvalue weighted by Gasteiger charge is -2.13. The Labute approximate surface area is 156 Å². The number of para-hydroxylation sites is 1. The van der Waals surface area contributed by atoms with E-state index in [1.54, 1.807) is 6.07 Å². The molecule has 0 bridgehead atoms. The Morgan fingerprint density at radius 3 is 2.31 bits per heavy atom. The molecule has 2 aromatic carbocycles. The summed E-state index contributed by atoms with van der Waals surface area (Å²) >= 11 is 11.7. The Hall–Kier alpha value is -2.69. The van der Waals surface area contributed by atoms with Gasteiger partial charge in [-0.05, 0) is 30.3 Å². The van der Waals surface area contributed by atoms with Crippen LogP contribution in [0.5, 0.6) is 0 Å². The van der Waals surface area contributed by atoms with E-state index in [2.05, 4.69) is 10.6 Å². The molecule has 1 amide bonds. The molecule has 0 heterocycles. The summed E-state index contributed by atoms with van der Waals surface area (Å²) in [5.41, 5.74) is -1.49. The van der Waals surface area contributed by atoms with Crippen molar-refractivity contribution in [2.45, 2.75) is 6.18 Å². The molecule has 0 saturated heterocycles. The molecule has 0 aromatic heterocycles. The summed E-state index contributed by atoms with van der Waals surface area (Å²) in [6.07, 6.45) is -3.59. The Morgan fingerprint density at radius 2 is 1.73 bits per heavy atom. The summed E-state index contributed by atoms with van der Waals surface area (Å²) in [5, 5.41) is 14.5. The Morgan fingerprint density at radius 1 is 1.12 bits per heavy atom. The van der Waals surface area contributed by atoms with Crippen LogP contribution in [0.3, 0.4) is 0 Å². The number of carbonyl (C=O) groups excluding carboxylic acids is 1. The van der Waals surface area contributed by atoms with Crippen molar-refractivity contribution in [1.82, 2.24) is 0 Å². The third kappa shape index (κ3) is 5.15. The Kier molecular flexibility index (Phi) is 6.14. The fourth-order valence-corrected chi connectivity index (χ4v) is 2.50. The number of halogens is 5. The van der Waals surface area contributed by atoms with Crippen LogP contribution in [0.1, 0.15) is 5.56 Å². The number of alkyl halides is 3. The number of nitriles is 1. The van der Waals surface area contributed by atoms with Crippen LogP contribution >= 0.6 is 23.2 Å². The van der Waals surface area contributed by atoms with Gasteiger partial charge in [0.1, 0.15) is 11.6 Å². The van der Waals surface area contributed by atoms with Crippen LogP contribution in [0.2, 0.25) is 10.0 Å². The van der Waals surface area contributed by atoms with Gasteiger partial charge in [0.25, 0.3) is 5.91 Å². The van der Waals surface area contributed by atoms with Gasteiger partial charge >= 0.3 is 6.18 Å². The molecule has 0 aliphatic heterocycles. The quantitative estimate of drug-likeness (QED) is 0.529. The van der Waals surface area contributed by atoms with Crippen LogP contribution in [-0.2, 0) is 11.0 Å². The van der Waals surface area contributed by atoms with Crippen LogP contribution < -0.4 is 10.6 Å².